The molecule has 1 aliphatic carbocycles. The van der Waals surface area contributed by atoms with Gasteiger partial charge >= 0.3 is 0 Å². The van der Waals surface area contributed by atoms with Crippen molar-refractivity contribution in [1.82, 2.24) is 9.78 Å². The van der Waals surface area contributed by atoms with E-state index in [1.54, 1.807) is 13.3 Å². The molecular formula is C17H22N4O2. The molecule has 1 amide bonds. The second kappa shape index (κ2) is 5.70. The predicted molar refractivity (Wildman–Crippen MR) is 88.4 cm³/mol. The molecule has 2 aromatic rings. The summed E-state index contributed by atoms with van der Waals surface area (Å²) in [6.45, 7) is 4.70. The van der Waals surface area contributed by atoms with Gasteiger partial charge in [0.1, 0.15) is 11.3 Å². The Balaban J connectivity index is 1.90. The van der Waals surface area contributed by atoms with Gasteiger partial charge in [-0.15, -0.1) is 0 Å². The quantitative estimate of drug-likeness (QED) is 0.904. The molecule has 1 unspecified atom stereocenters. The van der Waals surface area contributed by atoms with E-state index in [1.165, 1.54) is 0 Å². The summed E-state index contributed by atoms with van der Waals surface area (Å²) in [6.07, 6.45) is 2.97. The van der Waals surface area contributed by atoms with Crippen LogP contribution < -0.4 is 15.8 Å². The van der Waals surface area contributed by atoms with Crippen molar-refractivity contribution in [2.24, 2.45) is 5.73 Å². The van der Waals surface area contributed by atoms with E-state index >= 15 is 0 Å². The van der Waals surface area contributed by atoms with Crippen molar-refractivity contribution in [3.63, 3.8) is 0 Å². The molecule has 3 rings (SSSR count). The number of anilines is 1. The number of benzene rings is 1. The summed E-state index contributed by atoms with van der Waals surface area (Å²) < 4.78 is 7.22. The third-order valence-corrected chi connectivity index (χ3v) is 4.66. The Labute approximate surface area is 135 Å². The van der Waals surface area contributed by atoms with Crippen LogP contribution in [0.4, 0.5) is 5.69 Å². The van der Waals surface area contributed by atoms with Crippen molar-refractivity contribution in [3.05, 3.63) is 41.2 Å². The van der Waals surface area contributed by atoms with E-state index in [0.717, 1.165) is 35.5 Å². The lowest BCUT2D eigenvalue weighted by Gasteiger charge is -2.24. The standard InChI is InChI=1S/C17H22N4O2/c1-4-21-11(2)14(10-19-21)20-16(22)17(18)9-8-12-13(17)6-5-7-15(12)23-3/h5-7,10H,4,8-9,18H2,1-3H3,(H,20,22). The first-order valence-electron chi connectivity index (χ1n) is 7.80. The number of ether oxygens (including phenoxy) is 1. The van der Waals surface area contributed by atoms with Crippen LogP contribution in [0.15, 0.2) is 24.4 Å². The van der Waals surface area contributed by atoms with Crippen molar-refractivity contribution in [2.75, 3.05) is 12.4 Å². The lowest BCUT2D eigenvalue weighted by atomic mass is 9.91. The number of aryl methyl sites for hydroxylation is 1. The van der Waals surface area contributed by atoms with Gasteiger partial charge in [-0.3, -0.25) is 9.48 Å². The van der Waals surface area contributed by atoms with Gasteiger partial charge in [-0.25, -0.2) is 0 Å². The number of methoxy groups -OCH3 is 1. The fourth-order valence-corrected chi connectivity index (χ4v) is 3.25. The number of aromatic nitrogens is 2. The molecule has 0 radical (unpaired) electrons. The smallest absolute Gasteiger partial charge is 0.249 e. The number of nitrogens with two attached hydrogens (primary N) is 1. The van der Waals surface area contributed by atoms with E-state index in [4.69, 9.17) is 10.5 Å². The third kappa shape index (κ3) is 2.39. The van der Waals surface area contributed by atoms with Crippen molar-refractivity contribution in [3.8, 4) is 5.75 Å². The number of nitrogens with zero attached hydrogens (tertiary/aromatic N) is 2. The SMILES string of the molecule is CCn1ncc(NC(=O)C2(N)CCc3c(OC)cccc32)c1C. The van der Waals surface area contributed by atoms with Crippen LogP contribution in [-0.2, 0) is 23.3 Å². The van der Waals surface area contributed by atoms with E-state index in [2.05, 4.69) is 10.4 Å². The summed E-state index contributed by atoms with van der Waals surface area (Å²) in [5.41, 5.74) is 8.94. The number of nitrogens with one attached hydrogen (secondary N) is 1. The number of carbonyl (C=O) groups is 1. The number of carbonyl (C=O) groups excluding carboxylic acids is 1. The summed E-state index contributed by atoms with van der Waals surface area (Å²) in [4.78, 5) is 12.8. The van der Waals surface area contributed by atoms with Crippen LogP contribution in [0.25, 0.3) is 0 Å². The minimum absolute atomic E-state index is 0.205. The first-order valence-corrected chi connectivity index (χ1v) is 7.80. The van der Waals surface area contributed by atoms with Gasteiger partial charge in [-0.05, 0) is 43.9 Å². The number of rotatable bonds is 4. The van der Waals surface area contributed by atoms with Crippen LogP contribution in [0.2, 0.25) is 0 Å². The fraction of sp³-hybridized carbons (Fsp3) is 0.412. The molecule has 0 fully saturated rings. The van der Waals surface area contributed by atoms with Gasteiger partial charge in [0.05, 0.1) is 24.7 Å². The Kier molecular flexibility index (Phi) is 3.85. The van der Waals surface area contributed by atoms with Crippen molar-refractivity contribution in [1.29, 1.82) is 0 Å². The van der Waals surface area contributed by atoms with E-state index < -0.39 is 5.54 Å². The van der Waals surface area contributed by atoms with Crippen LogP contribution in [0.5, 0.6) is 5.75 Å². The maximum absolute atomic E-state index is 12.8. The molecule has 1 heterocycles. The van der Waals surface area contributed by atoms with Crippen LogP contribution in [0.3, 0.4) is 0 Å². The topological polar surface area (TPSA) is 82.2 Å². The van der Waals surface area contributed by atoms with Crippen LogP contribution in [-0.4, -0.2) is 22.8 Å². The number of hydrogen-bond acceptors (Lipinski definition) is 4. The Hall–Kier alpha value is -2.34. The van der Waals surface area contributed by atoms with E-state index in [-0.39, 0.29) is 5.91 Å². The molecule has 1 aromatic heterocycles. The minimum atomic E-state index is -1.04. The molecule has 1 aliphatic rings. The van der Waals surface area contributed by atoms with Gasteiger partial charge in [0.2, 0.25) is 5.91 Å². The van der Waals surface area contributed by atoms with Crippen LogP contribution in [0.1, 0.15) is 30.2 Å². The molecule has 0 aliphatic heterocycles. The largest absolute Gasteiger partial charge is 0.496 e. The fourth-order valence-electron chi connectivity index (χ4n) is 3.25. The van der Waals surface area contributed by atoms with Crippen molar-refractivity contribution < 1.29 is 9.53 Å². The zero-order chi connectivity index (χ0) is 16.6. The molecule has 0 bridgehead atoms. The highest BCUT2D eigenvalue weighted by Gasteiger charge is 2.43. The van der Waals surface area contributed by atoms with Gasteiger partial charge in [-0.2, -0.15) is 5.10 Å². The normalized spacial score (nSPS) is 19.5. The zero-order valence-corrected chi connectivity index (χ0v) is 13.7. The van der Waals surface area contributed by atoms with Crippen molar-refractivity contribution >= 4 is 11.6 Å². The second-order valence-electron chi connectivity index (χ2n) is 5.87. The molecule has 0 spiro atoms. The number of fused-ring (bicyclic) bond motifs is 1. The molecule has 3 N–H and O–H groups in total. The lowest BCUT2D eigenvalue weighted by Crippen LogP contribution is -2.46. The highest BCUT2D eigenvalue weighted by molar-refractivity contribution is 5.99. The third-order valence-electron chi connectivity index (χ3n) is 4.66. The van der Waals surface area contributed by atoms with Crippen LogP contribution in [0, 0.1) is 6.92 Å². The van der Waals surface area contributed by atoms with Gasteiger partial charge in [0, 0.05) is 6.54 Å². The van der Waals surface area contributed by atoms with Crippen molar-refractivity contribution in [2.45, 2.75) is 38.8 Å². The molecule has 23 heavy (non-hydrogen) atoms. The predicted octanol–water partition coefficient (Wildman–Crippen LogP) is 1.96. The maximum Gasteiger partial charge on any atom is 0.249 e. The molecule has 1 aromatic carbocycles. The molecule has 0 saturated heterocycles. The molecule has 6 nitrogen and oxygen atoms in total. The Morgan fingerprint density at radius 3 is 2.96 bits per heavy atom. The van der Waals surface area contributed by atoms with Gasteiger partial charge in [0.15, 0.2) is 0 Å². The van der Waals surface area contributed by atoms with E-state index in [1.807, 2.05) is 36.7 Å². The molecule has 1 atom stereocenters. The first kappa shape index (κ1) is 15.6. The molecule has 6 heteroatoms. The number of hydrogen-bond donors (Lipinski definition) is 2. The lowest BCUT2D eigenvalue weighted by molar-refractivity contribution is -0.121. The summed E-state index contributed by atoms with van der Waals surface area (Å²) in [5, 5.41) is 7.19. The van der Waals surface area contributed by atoms with E-state index in [0.29, 0.717) is 12.1 Å². The Bertz CT molecular complexity index is 753. The average Bonchev–Trinajstić information content (AvgIpc) is 3.09. The Morgan fingerprint density at radius 2 is 2.30 bits per heavy atom. The molecular weight excluding hydrogens is 292 g/mol. The zero-order valence-electron chi connectivity index (χ0n) is 13.7. The molecule has 0 saturated carbocycles. The Morgan fingerprint density at radius 1 is 1.52 bits per heavy atom. The maximum atomic E-state index is 12.8. The van der Waals surface area contributed by atoms with Gasteiger partial charge < -0.3 is 15.8 Å². The highest BCUT2D eigenvalue weighted by Crippen LogP contribution is 2.40. The second-order valence-corrected chi connectivity index (χ2v) is 5.87. The van der Waals surface area contributed by atoms with Crippen LogP contribution >= 0.6 is 0 Å². The summed E-state index contributed by atoms with van der Waals surface area (Å²) in [6, 6.07) is 5.68. The summed E-state index contributed by atoms with van der Waals surface area (Å²) in [5.74, 6) is 0.584. The summed E-state index contributed by atoms with van der Waals surface area (Å²) >= 11 is 0. The number of amides is 1. The first-order chi connectivity index (χ1) is 11.0. The molecule has 122 valence electrons. The minimum Gasteiger partial charge on any atom is -0.496 e. The van der Waals surface area contributed by atoms with E-state index in [9.17, 15) is 4.79 Å². The monoisotopic (exact) mass is 314 g/mol. The highest BCUT2D eigenvalue weighted by atomic mass is 16.5. The van der Waals surface area contributed by atoms with Gasteiger partial charge in [-0.1, -0.05) is 12.1 Å². The summed E-state index contributed by atoms with van der Waals surface area (Å²) in [7, 11) is 1.63. The average molecular weight is 314 g/mol. The van der Waals surface area contributed by atoms with Gasteiger partial charge in [0.25, 0.3) is 0 Å².